The van der Waals surface area contributed by atoms with E-state index < -0.39 is 32.3 Å². The van der Waals surface area contributed by atoms with E-state index in [2.05, 4.69) is 9.05 Å². The lowest BCUT2D eigenvalue weighted by Gasteiger charge is -2.12. The molecule has 7 nitrogen and oxygen atoms in total. The molecular weight excluding hydrogens is 259 g/mol. The molecular formula is C10H21N2O5P. The normalized spacial score (nSPS) is 15.6. The van der Waals surface area contributed by atoms with Crippen LogP contribution in [0.3, 0.4) is 0 Å². The summed E-state index contributed by atoms with van der Waals surface area (Å²) in [5.41, 5.74) is 10.9. The van der Waals surface area contributed by atoms with Crippen LogP contribution in [-0.2, 0) is 23.2 Å². The van der Waals surface area contributed by atoms with Gasteiger partial charge in [-0.2, -0.15) is 0 Å². The highest BCUT2D eigenvalue weighted by atomic mass is 31.1. The lowest BCUT2D eigenvalue weighted by molar-refractivity contribution is -0.139. The van der Waals surface area contributed by atoms with Crippen molar-refractivity contribution in [2.75, 3.05) is 0 Å². The average molecular weight is 280 g/mol. The first-order valence-corrected chi connectivity index (χ1v) is 7.13. The fourth-order valence-electron chi connectivity index (χ4n) is 1.19. The van der Waals surface area contributed by atoms with Crippen molar-refractivity contribution in [3.63, 3.8) is 0 Å². The molecule has 0 saturated carbocycles. The number of carbonyl (C=O) groups excluding carboxylic acids is 2. The molecule has 0 rings (SSSR count). The highest BCUT2D eigenvalue weighted by molar-refractivity contribution is 7.34. The SMILES string of the molecule is CCCC(N)C(=O)O[PH](=O)OC(=O)C(N)CCC. The number of hydrogen-bond acceptors (Lipinski definition) is 7. The second-order valence-electron chi connectivity index (χ2n) is 3.88. The summed E-state index contributed by atoms with van der Waals surface area (Å²) >= 11 is 0. The molecule has 8 heteroatoms. The van der Waals surface area contributed by atoms with Gasteiger partial charge in [-0.3, -0.25) is 9.59 Å². The van der Waals surface area contributed by atoms with Gasteiger partial charge < -0.3 is 20.5 Å². The maximum atomic E-state index is 11.3. The van der Waals surface area contributed by atoms with Crippen LogP contribution in [0.5, 0.6) is 0 Å². The molecule has 0 aromatic carbocycles. The second kappa shape index (κ2) is 9.08. The van der Waals surface area contributed by atoms with Crippen molar-refractivity contribution in [3.05, 3.63) is 0 Å². The van der Waals surface area contributed by atoms with Crippen molar-refractivity contribution >= 4 is 20.2 Å². The van der Waals surface area contributed by atoms with Crippen LogP contribution >= 0.6 is 8.25 Å². The van der Waals surface area contributed by atoms with Crippen molar-refractivity contribution in [1.29, 1.82) is 0 Å². The quantitative estimate of drug-likeness (QED) is 0.628. The first-order chi connectivity index (χ1) is 8.42. The Morgan fingerprint density at radius 2 is 1.33 bits per heavy atom. The van der Waals surface area contributed by atoms with E-state index in [0.29, 0.717) is 25.7 Å². The third-order valence-corrected chi connectivity index (χ3v) is 2.91. The predicted octanol–water partition coefficient (Wildman–Crippen LogP) is 0.717. The number of nitrogens with two attached hydrogens (primary N) is 2. The van der Waals surface area contributed by atoms with E-state index in [1.165, 1.54) is 0 Å². The van der Waals surface area contributed by atoms with Crippen LogP contribution in [0.1, 0.15) is 39.5 Å². The molecule has 0 aliphatic carbocycles. The molecule has 0 heterocycles. The van der Waals surface area contributed by atoms with E-state index in [1.807, 2.05) is 13.8 Å². The molecule has 0 fully saturated rings. The van der Waals surface area contributed by atoms with E-state index in [9.17, 15) is 14.2 Å². The first-order valence-electron chi connectivity index (χ1n) is 5.90. The molecule has 2 unspecified atom stereocenters. The van der Waals surface area contributed by atoms with E-state index >= 15 is 0 Å². The molecule has 0 radical (unpaired) electrons. The Kier molecular flexibility index (Phi) is 8.62. The highest BCUT2D eigenvalue weighted by Gasteiger charge is 2.21. The van der Waals surface area contributed by atoms with E-state index in [-0.39, 0.29) is 0 Å². The van der Waals surface area contributed by atoms with Gasteiger partial charge in [-0.25, -0.2) is 4.57 Å². The summed E-state index contributed by atoms with van der Waals surface area (Å²) in [7, 11) is -3.22. The van der Waals surface area contributed by atoms with Crippen molar-refractivity contribution in [1.82, 2.24) is 0 Å². The Morgan fingerprint density at radius 1 is 1.00 bits per heavy atom. The van der Waals surface area contributed by atoms with Gasteiger partial charge >= 0.3 is 20.2 Å². The Labute approximate surface area is 107 Å². The number of carbonyl (C=O) groups is 2. The van der Waals surface area contributed by atoms with Crippen LogP contribution in [0.15, 0.2) is 0 Å². The van der Waals surface area contributed by atoms with Crippen molar-refractivity contribution < 1.29 is 23.2 Å². The van der Waals surface area contributed by atoms with E-state index in [0.717, 1.165) is 0 Å². The highest BCUT2D eigenvalue weighted by Crippen LogP contribution is 2.25. The molecule has 0 aliphatic heterocycles. The monoisotopic (exact) mass is 280 g/mol. The summed E-state index contributed by atoms with van der Waals surface area (Å²) in [6, 6.07) is -1.71. The van der Waals surface area contributed by atoms with Gasteiger partial charge in [-0.15, -0.1) is 0 Å². The molecule has 0 aromatic rings. The van der Waals surface area contributed by atoms with Gasteiger partial charge in [0.25, 0.3) is 0 Å². The fraction of sp³-hybridized carbons (Fsp3) is 0.800. The van der Waals surface area contributed by atoms with Crippen molar-refractivity contribution in [2.45, 2.75) is 51.6 Å². The summed E-state index contributed by atoms with van der Waals surface area (Å²) in [5, 5.41) is 0. The summed E-state index contributed by atoms with van der Waals surface area (Å²) in [5.74, 6) is -1.67. The summed E-state index contributed by atoms with van der Waals surface area (Å²) in [6.07, 6.45) is 2.21. The Bertz CT molecular complexity index is 283. The molecule has 0 amide bonds. The maximum Gasteiger partial charge on any atom is 0.423 e. The molecule has 18 heavy (non-hydrogen) atoms. The molecule has 0 spiro atoms. The molecule has 0 bridgehead atoms. The topological polar surface area (TPSA) is 122 Å². The smallest absolute Gasteiger partial charge is 0.384 e. The molecule has 0 saturated heterocycles. The van der Waals surface area contributed by atoms with Gasteiger partial charge in [0, 0.05) is 0 Å². The predicted molar refractivity (Wildman–Crippen MR) is 67.0 cm³/mol. The zero-order valence-corrected chi connectivity index (χ0v) is 11.7. The largest absolute Gasteiger partial charge is 0.423 e. The Hall–Kier alpha value is -0.910. The molecule has 2 atom stereocenters. The minimum atomic E-state index is -3.22. The standard InChI is InChI=1S/C10H21N2O5P/c1-3-5-7(11)9(13)16-18(15)17-10(14)8(12)6-4-2/h7-8,18H,3-6,11-12H2,1-2H3. The zero-order valence-electron chi connectivity index (χ0n) is 10.7. The van der Waals surface area contributed by atoms with Crippen LogP contribution < -0.4 is 11.5 Å². The van der Waals surface area contributed by atoms with Gasteiger partial charge in [0.15, 0.2) is 0 Å². The average Bonchev–Trinajstić information content (AvgIpc) is 2.29. The summed E-state index contributed by atoms with van der Waals surface area (Å²) in [6.45, 7) is 3.69. The number of rotatable bonds is 8. The van der Waals surface area contributed by atoms with Crippen molar-refractivity contribution in [3.8, 4) is 0 Å². The number of hydrogen-bond donors (Lipinski definition) is 2. The molecule has 106 valence electrons. The molecule has 0 aliphatic rings. The Balaban J connectivity index is 4.11. The van der Waals surface area contributed by atoms with Gasteiger partial charge in [0.05, 0.1) is 0 Å². The molecule has 0 aromatic heterocycles. The lowest BCUT2D eigenvalue weighted by atomic mass is 10.2. The van der Waals surface area contributed by atoms with Gasteiger partial charge in [-0.05, 0) is 12.8 Å². The van der Waals surface area contributed by atoms with Gasteiger partial charge in [-0.1, -0.05) is 26.7 Å². The summed E-state index contributed by atoms with van der Waals surface area (Å²) < 4.78 is 20.2. The molecule has 4 N–H and O–H groups in total. The van der Waals surface area contributed by atoms with Crippen LogP contribution in [0.4, 0.5) is 0 Å². The zero-order chi connectivity index (χ0) is 14.1. The lowest BCUT2D eigenvalue weighted by Crippen LogP contribution is -2.32. The van der Waals surface area contributed by atoms with Crippen LogP contribution in [0, 0.1) is 0 Å². The van der Waals surface area contributed by atoms with Crippen molar-refractivity contribution in [2.24, 2.45) is 11.5 Å². The second-order valence-corrected chi connectivity index (χ2v) is 4.79. The first kappa shape index (κ1) is 17.1. The third kappa shape index (κ3) is 6.74. The van der Waals surface area contributed by atoms with Gasteiger partial charge in [0.2, 0.25) is 0 Å². The summed E-state index contributed by atoms with van der Waals surface area (Å²) in [4.78, 5) is 22.6. The minimum absolute atomic E-state index is 0.414. The van der Waals surface area contributed by atoms with E-state index in [1.54, 1.807) is 0 Å². The van der Waals surface area contributed by atoms with Crippen LogP contribution in [-0.4, -0.2) is 24.0 Å². The Morgan fingerprint density at radius 3 is 1.61 bits per heavy atom. The van der Waals surface area contributed by atoms with Gasteiger partial charge in [0.1, 0.15) is 12.1 Å². The van der Waals surface area contributed by atoms with Crippen LogP contribution in [0.25, 0.3) is 0 Å². The minimum Gasteiger partial charge on any atom is -0.384 e. The van der Waals surface area contributed by atoms with E-state index in [4.69, 9.17) is 11.5 Å². The third-order valence-electron chi connectivity index (χ3n) is 2.17. The van der Waals surface area contributed by atoms with Crippen LogP contribution in [0.2, 0.25) is 0 Å². The maximum absolute atomic E-state index is 11.3. The fourth-order valence-corrected chi connectivity index (χ4v) is 1.87.